The second-order valence-corrected chi connectivity index (χ2v) is 24.6. The first-order valence-electron chi connectivity index (χ1n) is 24.5. The Hall–Kier alpha value is -4.33. The molecule has 6 atom stereocenters. The number of nitrogens with one attached hydrogen (secondary N) is 1. The van der Waals surface area contributed by atoms with Gasteiger partial charge < -0.3 is 39.2 Å². The van der Waals surface area contributed by atoms with E-state index in [0.29, 0.717) is 56.4 Å². The van der Waals surface area contributed by atoms with Crippen LogP contribution in [0.2, 0.25) is 0 Å². The number of nitrogens with zero attached hydrogens (tertiary/aromatic N) is 2. The van der Waals surface area contributed by atoms with Gasteiger partial charge in [0.2, 0.25) is 0 Å². The summed E-state index contributed by atoms with van der Waals surface area (Å²) < 4.78 is 169. The molecule has 0 saturated carbocycles. The first-order valence-corrected chi connectivity index (χ1v) is 29.3. The fourth-order valence-electron chi connectivity index (χ4n) is 7.91. The minimum absolute atomic E-state index is 0.0250. The molecule has 0 radical (unpaired) electrons. The lowest BCUT2D eigenvalue weighted by Crippen LogP contribution is -2.37. The average molecular weight is 1170 g/mol. The van der Waals surface area contributed by atoms with Crippen molar-refractivity contribution in [3.05, 3.63) is 95.3 Å². The number of sulfone groups is 1. The molecule has 0 aromatic heterocycles. The number of hydrogen-bond acceptors (Lipinski definition) is 12. The summed E-state index contributed by atoms with van der Waals surface area (Å²) in [6, 6.07) is 12.0. The van der Waals surface area contributed by atoms with Gasteiger partial charge in [-0.25, -0.2) is 22.4 Å². The van der Waals surface area contributed by atoms with E-state index < -0.39 is 68.2 Å². The first kappa shape index (κ1) is 66.9. The molecule has 2 N–H and O–H groups in total. The van der Waals surface area contributed by atoms with Crippen molar-refractivity contribution < 1.29 is 86.0 Å². The third kappa shape index (κ3) is 25.1. The van der Waals surface area contributed by atoms with Crippen molar-refractivity contribution in [1.29, 1.82) is 0 Å². The van der Waals surface area contributed by atoms with E-state index in [1.54, 1.807) is 33.3 Å². The highest BCUT2D eigenvalue weighted by Crippen LogP contribution is 2.34. The Morgan fingerprint density at radius 3 is 1.38 bits per heavy atom. The standard InChI is InChI=1S/C19H26F3NO3S.C14H18F3NO3S.C12H23NO3S.C7H4F4/c1-18(2,3)26-17(24)23-10-9-13(11-23)16(12-27-4)25-15-7-5-14(6-8-15)19(20,21)22;1-22(19,20)9-13(10-6-7-18-8-10)21-12-4-2-11(3-5-12)14(15,16)17;1-12(2,3)16-11(15)13-6-5-9(7-13)10(14)8-17-4;8-6-3-1-5(2-4-6)7(9,10)11/h5-8,13,16H,9-12H2,1-4H3;2-5,10,13,18H,6-9H2,1H3;9-10,14H,5-8H2,1-4H3;1-4H/t13-,16+;10-,13+;9-,10+;/m000./s1. The molecular formula is C52H71F10N3O9S3. The number of aliphatic hydroxyl groups excluding tert-OH is 1. The molecule has 0 bridgehead atoms. The quantitative estimate of drug-likeness (QED) is 0.157. The summed E-state index contributed by atoms with van der Waals surface area (Å²) in [5, 5.41) is 13.0. The van der Waals surface area contributed by atoms with Crippen LogP contribution < -0.4 is 14.8 Å². The lowest BCUT2D eigenvalue weighted by Gasteiger charge is -2.26. The van der Waals surface area contributed by atoms with Crippen molar-refractivity contribution >= 4 is 45.5 Å². The van der Waals surface area contributed by atoms with Crippen LogP contribution in [-0.4, -0.2) is 140 Å². The lowest BCUT2D eigenvalue weighted by molar-refractivity contribution is -0.138. The van der Waals surface area contributed by atoms with Crippen LogP contribution in [0.5, 0.6) is 11.5 Å². The van der Waals surface area contributed by atoms with Gasteiger partial charge in [0, 0.05) is 68.2 Å². The number of amides is 2. The summed E-state index contributed by atoms with van der Waals surface area (Å²) in [7, 11) is -3.25. The SMILES string of the molecule is CS(=O)(=O)C[C@@H](Oc1ccc(C(F)(F)F)cc1)[C@H]1CCNC1.CSC[C@@H](O)[C@H]1CCN(C(=O)OC(C)(C)C)C1.CSC[C@@H](Oc1ccc(C(F)(F)F)cc1)[C@H]1CCN(C(=O)OC(C)(C)C)C1.Fc1ccc(C(F)(F)F)cc1. The Morgan fingerprint density at radius 2 is 1.01 bits per heavy atom. The van der Waals surface area contributed by atoms with E-state index in [4.69, 9.17) is 18.9 Å². The maximum absolute atomic E-state index is 12.7. The average Bonchev–Trinajstić information content (AvgIpc) is 4.12. The van der Waals surface area contributed by atoms with Crippen molar-refractivity contribution in [2.75, 3.05) is 75.3 Å². The minimum atomic E-state index is -4.40. The molecule has 2 amide bonds. The molecular weight excluding hydrogens is 1100 g/mol. The molecule has 3 heterocycles. The number of aliphatic hydroxyl groups is 1. The van der Waals surface area contributed by atoms with Crippen molar-refractivity contribution in [2.45, 2.75) is 109 Å². The number of benzene rings is 3. The third-order valence-corrected chi connectivity index (χ3v) is 14.0. The van der Waals surface area contributed by atoms with Gasteiger partial charge in [0.1, 0.15) is 40.7 Å². The van der Waals surface area contributed by atoms with Gasteiger partial charge >= 0.3 is 30.7 Å². The van der Waals surface area contributed by atoms with Crippen LogP contribution in [0.15, 0.2) is 72.8 Å². The number of thioether (sulfide) groups is 2. The van der Waals surface area contributed by atoms with Gasteiger partial charge in [0.15, 0.2) is 9.84 Å². The predicted octanol–water partition coefficient (Wildman–Crippen LogP) is 12.0. The summed E-state index contributed by atoms with van der Waals surface area (Å²) in [6.45, 7) is 14.9. The highest BCUT2D eigenvalue weighted by molar-refractivity contribution is 7.98. The zero-order valence-electron chi connectivity index (χ0n) is 44.5. The maximum atomic E-state index is 12.7. The van der Waals surface area contributed by atoms with Crippen molar-refractivity contribution in [2.24, 2.45) is 17.8 Å². The Kier molecular flexibility index (Phi) is 25.4. The Bertz CT molecular complexity index is 2360. The largest absolute Gasteiger partial charge is 0.489 e. The minimum Gasteiger partial charge on any atom is -0.489 e. The molecule has 3 aromatic carbocycles. The van der Waals surface area contributed by atoms with E-state index in [-0.39, 0.29) is 53.7 Å². The van der Waals surface area contributed by atoms with E-state index in [9.17, 15) is 67.0 Å². The molecule has 436 valence electrons. The van der Waals surface area contributed by atoms with Crippen LogP contribution in [0.25, 0.3) is 0 Å². The van der Waals surface area contributed by atoms with Crippen LogP contribution in [0.1, 0.15) is 77.5 Å². The van der Waals surface area contributed by atoms with Crippen LogP contribution >= 0.6 is 23.5 Å². The summed E-state index contributed by atoms with van der Waals surface area (Å²) in [4.78, 5) is 27.4. The maximum Gasteiger partial charge on any atom is 0.416 e. The Labute approximate surface area is 453 Å². The second-order valence-electron chi connectivity index (χ2n) is 20.6. The first-order chi connectivity index (χ1) is 35.5. The van der Waals surface area contributed by atoms with E-state index >= 15 is 0 Å². The van der Waals surface area contributed by atoms with Crippen molar-refractivity contribution in [1.82, 2.24) is 15.1 Å². The molecule has 12 nitrogen and oxygen atoms in total. The van der Waals surface area contributed by atoms with Crippen LogP contribution in [0.4, 0.5) is 53.5 Å². The molecule has 3 aromatic rings. The third-order valence-electron chi connectivity index (χ3n) is 11.7. The monoisotopic (exact) mass is 1170 g/mol. The van der Waals surface area contributed by atoms with E-state index in [2.05, 4.69) is 5.32 Å². The summed E-state index contributed by atoms with van der Waals surface area (Å²) in [6.07, 6.45) is -7.38. The van der Waals surface area contributed by atoms with Gasteiger partial charge in [-0.15, -0.1) is 0 Å². The number of carbonyl (C=O) groups is 2. The predicted molar refractivity (Wildman–Crippen MR) is 278 cm³/mol. The Balaban J connectivity index is 0.000000282. The zero-order chi connectivity index (χ0) is 58.2. The van der Waals surface area contributed by atoms with Crippen molar-refractivity contribution in [3.63, 3.8) is 0 Å². The fourth-order valence-corrected chi connectivity index (χ4v) is 10.1. The molecule has 3 aliphatic rings. The number of ether oxygens (including phenoxy) is 4. The fraction of sp³-hybridized carbons (Fsp3) is 0.615. The van der Waals surface area contributed by atoms with Gasteiger partial charge in [-0.1, -0.05) is 0 Å². The van der Waals surface area contributed by atoms with E-state index in [0.717, 1.165) is 74.2 Å². The molecule has 77 heavy (non-hydrogen) atoms. The smallest absolute Gasteiger partial charge is 0.416 e. The topological polar surface area (TPSA) is 144 Å². The summed E-state index contributed by atoms with van der Waals surface area (Å²) in [5.41, 5.74) is -3.30. The molecule has 25 heteroatoms. The number of carbonyl (C=O) groups excluding carboxylic acids is 2. The van der Waals surface area contributed by atoms with Gasteiger partial charge in [-0.2, -0.15) is 63.0 Å². The van der Waals surface area contributed by atoms with Gasteiger partial charge in [-0.3, -0.25) is 0 Å². The zero-order valence-corrected chi connectivity index (χ0v) is 46.9. The highest BCUT2D eigenvalue weighted by atomic mass is 32.2. The molecule has 0 spiro atoms. The van der Waals surface area contributed by atoms with Crippen LogP contribution in [-0.2, 0) is 37.8 Å². The number of hydrogen-bond donors (Lipinski definition) is 2. The van der Waals surface area contributed by atoms with E-state index in [1.807, 2.05) is 54.1 Å². The highest BCUT2D eigenvalue weighted by Gasteiger charge is 2.37. The molecule has 0 unspecified atom stereocenters. The number of rotatable bonds is 13. The van der Waals surface area contributed by atoms with Gasteiger partial charge in [-0.05, 0) is 153 Å². The van der Waals surface area contributed by atoms with Crippen LogP contribution in [0, 0.1) is 23.6 Å². The number of halogens is 10. The van der Waals surface area contributed by atoms with Gasteiger partial charge in [0.05, 0.1) is 28.5 Å². The normalized spacial score (nSPS) is 19.3. The summed E-state index contributed by atoms with van der Waals surface area (Å²) in [5.74, 6) is 1.56. The molecule has 6 rings (SSSR count). The number of alkyl halides is 9. The Morgan fingerprint density at radius 1 is 0.623 bits per heavy atom. The molecule has 0 aliphatic carbocycles. The molecule has 3 aliphatic heterocycles. The molecule has 3 fully saturated rings. The molecule has 3 saturated heterocycles. The summed E-state index contributed by atoms with van der Waals surface area (Å²) >= 11 is 3.23. The van der Waals surface area contributed by atoms with Crippen molar-refractivity contribution in [3.8, 4) is 11.5 Å². The second kappa shape index (κ2) is 29.2. The van der Waals surface area contributed by atoms with Gasteiger partial charge in [0.25, 0.3) is 0 Å². The lowest BCUT2D eigenvalue weighted by atomic mass is 10.0. The van der Waals surface area contributed by atoms with Crippen LogP contribution in [0.3, 0.4) is 0 Å². The number of likely N-dealkylation sites (tertiary alicyclic amines) is 2. The van der Waals surface area contributed by atoms with E-state index in [1.165, 1.54) is 24.3 Å².